The molecule has 2 aromatic carbocycles. The second-order valence-corrected chi connectivity index (χ2v) is 9.99. The molecule has 3 rings (SSSR count). The SMILES string of the molecule is Cc1ccc(C)c(C(=O)CCC(=O)N2CCN(S(=O)(=O)c3ccc(C(F)(F)F)cc3)CC2)c1. The molecule has 0 spiro atoms. The number of hydrogen-bond donors (Lipinski definition) is 0. The van der Waals surface area contributed by atoms with Crippen LogP contribution in [0.15, 0.2) is 47.4 Å². The minimum atomic E-state index is -4.55. The fourth-order valence-corrected chi connectivity index (χ4v) is 5.11. The molecule has 2 aromatic rings. The number of ketones is 1. The highest BCUT2D eigenvalue weighted by molar-refractivity contribution is 7.89. The zero-order valence-corrected chi connectivity index (χ0v) is 19.2. The number of carbonyl (C=O) groups excluding carboxylic acids is 2. The Morgan fingerprint density at radius 3 is 2.09 bits per heavy atom. The molecular weight excluding hydrogens is 457 g/mol. The van der Waals surface area contributed by atoms with E-state index in [4.69, 9.17) is 0 Å². The van der Waals surface area contributed by atoms with Crippen LogP contribution in [-0.4, -0.2) is 55.5 Å². The highest BCUT2D eigenvalue weighted by atomic mass is 32.2. The molecule has 1 saturated heterocycles. The third-order valence-electron chi connectivity index (χ3n) is 5.67. The number of halogens is 3. The number of benzene rings is 2. The molecule has 1 amide bonds. The first kappa shape index (κ1) is 24.9. The van der Waals surface area contributed by atoms with E-state index in [2.05, 4.69) is 0 Å². The van der Waals surface area contributed by atoms with E-state index in [1.807, 2.05) is 26.0 Å². The monoisotopic (exact) mass is 482 g/mol. The number of piperazine rings is 1. The highest BCUT2D eigenvalue weighted by Gasteiger charge is 2.33. The second kappa shape index (κ2) is 9.64. The van der Waals surface area contributed by atoms with Gasteiger partial charge in [-0.2, -0.15) is 17.5 Å². The Balaban J connectivity index is 1.56. The zero-order chi connectivity index (χ0) is 24.4. The Labute approximate surface area is 191 Å². The summed E-state index contributed by atoms with van der Waals surface area (Å²) >= 11 is 0. The maximum atomic E-state index is 12.8. The molecule has 1 aliphatic rings. The van der Waals surface area contributed by atoms with Crippen molar-refractivity contribution in [3.05, 3.63) is 64.7 Å². The molecule has 0 atom stereocenters. The van der Waals surface area contributed by atoms with E-state index in [9.17, 15) is 31.2 Å². The van der Waals surface area contributed by atoms with Crippen LogP contribution in [0.2, 0.25) is 0 Å². The van der Waals surface area contributed by atoms with Crippen molar-refractivity contribution in [3.63, 3.8) is 0 Å². The standard InChI is InChI=1S/C23H25F3N2O4S/c1-16-3-4-17(2)20(15-16)21(29)9-10-22(30)27-11-13-28(14-12-27)33(31,32)19-7-5-18(6-8-19)23(24,25)26/h3-8,15H,9-14H2,1-2H3. The fourth-order valence-electron chi connectivity index (χ4n) is 3.69. The van der Waals surface area contributed by atoms with Crippen molar-refractivity contribution in [3.8, 4) is 0 Å². The summed E-state index contributed by atoms with van der Waals surface area (Å²) in [7, 11) is -3.97. The third-order valence-corrected chi connectivity index (χ3v) is 7.58. The van der Waals surface area contributed by atoms with Crippen molar-refractivity contribution < 1.29 is 31.2 Å². The number of Topliss-reactive ketones (excluding diaryl/α,β-unsaturated/α-hetero) is 1. The van der Waals surface area contributed by atoms with Crippen molar-refractivity contribution in [2.45, 2.75) is 37.8 Å². The first-order valence-electron chi connectivity index (χ1n) is 10.5. The minimum Gasteiger partial charge on any atom is -0.340 e. The maximum absolute atomic E-state index is 12.8. The van der Waals surface area contributed by atoms with Gasteiger partial charge in [0.05, 0.1) is 10.5 Å². The molecule has 1 fully saturated rings. The average Bonchev–Trinajstić information content (AvgIpc) is 2.78. The van der Waals surface area contributed by atoms with E-state index < -0.39 is 21.8 Å². The third kappa shape index (κ3) is 5.80. The van der Waals surface area contributed by atoms with Crippen LogP contribution in [0.3, 0.4) is 0 Å². The van der Waals surface area contributed by atoms with Crippen molar-refractivity contribution in [2.24, 2.45) is 0 Å². The van der Waals surface area contributed by atoms with Crippen LogP contribution in [0.5, 0.6) is 0 Å². The van der Waals surface area contributed by atoms with Gasteiger partial charge in [-0.3, -0.25) is 9.59 Å². The first-order chi connectivity index (χ1) is 15.4. The van der Waals surface area contributed by atoms with E-state index in [1.54, 1.807) is 6.07 Å². The Bertz CT molecular complexity index is 1140. The predicted octanol–water partition coefficient (Wildman–Crippen LogP) is 3.82. The molecule has 0 aromatic heterocycles. The lowest BCUT2D eigenvalue weighted by molar-refractivity contribution is -0.137. The van der Waals surface area contributed by atoms with E-state index in [0.717, 1.165) is 39.7 Å². The van der Waals surface area contributed by atoms with Gasteiger partial charge in [0.1, 0.15) is 0 Å². The number of sulfonamides is 1. The van der Waals surface area contributed by atoms with E-state index in [-0.39, 0.29) is 55.6 Å². The predicted molar refractivity (Wildman–Crippen MR) is 116 cm³/mol. The van der Waals surface area contributed by atoms with Gasteiger partial charge in [0.15, 0.2) is 5.78 Å². The van der Waals surface area contributed by atoms with Crippen LogP contribution in [0.4, 0.5) is 13.2 Å². The summed E-state index contributed by atoms with van der Waals surface area (Å²) in [6, 6.07) is 8.92. The summed E-state index contributed by atoms with van der Waals surface area (Å²) in [5.41, 5.74) is 1.48. The summed E-state index contributed by atoms with van der Waals surface area (Å²) in [6.07, 6.45) is -4.46. The molecule has 33 heavy (non-hydrogen) atoms. The molecule has 0 unspecified atom stereocenters. The summed E-state index contributed by atoms with van der Waals surface area (Å²) in [5.74, 6) is -0.353. The minimum absolute atomic E-state index is 0.0257. The topological polar surface area (TPSA) is 74.8 Å². The molecule has 1 heterocycles. The van der Waals surface area contributed by atoms with E-state index >= 15 is 0 Å². The number of nitrogens with zero attached hydrogens (tertiary/aromatic N) is 2. The van der Waals surface area contributed by atoms with Crippen molar-refractivity contribution >= 4 is 21.7 Å². The molecular formula is C23H25F3N2O4S. The van der Waals surface area contributed by atoms with Gasteiger partial charge in [0.2, 0.25) is 15.9 Å². The van der Waals surface area contributed by atoms with Gasteiger partial charge in [-0.25, -0.2) is 8.42 Å². The lowest BCUT2D eigenvalue weighted by Crippen LogP contribution is -2.50. The molecule has 10 heteroatoms. The van der Waals surface area contributed by atoms with Crippen molar-refractivity contribution in [2.75, 3.05) is 26.2 Å². The van der Waals surface area contributed by atoms with Gasteiger partial charge in [-0.15, -0.1) is 0 Å². The number of carbonyl (C=O) groups is 2. The molecule has 1 aliphatic heterocycles. The quantitative estimate of drug-likeness (QED) is 0.587. The maximum Gasteiger partial charge on any atom is 0.416 e. The average molecular weight is 483 g/mol. The van der Waals surface area contributed by atoms with Gasteiger partial charge in [-0.1, -0.05) is 17.7 Å². The zero-order valence-electron chi connectivity index (χ0n) is 18.4. The number of aryl methyl sites for hydroxylation is 2. The van der Waals surface area contributed by atoms with Crippen LogP contribution >= 0.6 is 0 Å². The number of rotatable bonds is 6. The van der Waals surface area contributed by atoms with Gasteiger partial charge in [0.25, 0.3) is 0 Å². The number of hydrogen-bond acceptors (Lipinski definition) is 4. The summed E-state index contributed by atoms with van der Waals surface area (Å²) in [6.45, 7) is 4.08. The summed E-state index contributed by atoms with van der Waals surface area (Å²) in [5, 5.41) is 0. The number of alkyl halides is 3. The first-order valence-corrected chi connectivity index (χ1v) is 11.9. The fraction of sp³-hybridized carbons (Fsp3) is 0.391. The van der Waals surface area contributed by atoms with Gasteiger partial charge < -0.3 is 4.90 Å². The van der Waals surface area contributed by atoms with Crippen molar-refractivity contribution in [1.82, 2.24) is 9.21 Å². The summed E-state index contributed by atoms with van der Waals surface area (Å²) < 4.78 is 64.8. The highest BCUT2D eigenvalue weighted by Crippen LogP contribution is 2.30. The molecule has 0 bridgehead atoms. The van der Waals surface area contributed by atoms with Crippen LogP contribution in [0, 0.1) is 13.8 Å². The Morgan fingerprint density at radius 1 is 0.909 bits per heavy atom. The number of amides is 1. The Hall–Kier alpha value is -2.72. The second-order valence-electron chi connectivity index (χ2n) is 8.05. The molecule has 178 valence electrons. The van der Waals surface area contributed by atoms with E-state index in [0.29, 0.717) is 5.56 Å². The Kier molecular flexibility index (Phi) is 7.28. The van der Waals surface area contributed by atoms with Gasteiger partial charge >= 0.3 is 6.18 Å². The molecule has 6 nitrogen and oxygen atoms in total. The normalized spacial score (nSPS) is 15.5. The van der Waals surface area contributed by atoms with Crippen molar-refractivity contribution in [1.29, 1.82) is 0 Å². The lowest BCUT2D eigenvalue weighted by atomic mass is 9.99. The smallest absolute Gasteiger partial charge is 0.340 e. The summed E-state index contributed by atoms with van der Waals surface area (Å²) in [4.78, 5) is 26.3. The van der Waals surface area contributed by atoms with E-state index in [1.165, 1.54) is 4.90 Å². The molecule has 0 radical (unpaired) electrons. The van der Waals surface area contributed by atoms with Crippen LogP contribution in [0.1, 0.15) is 39.9 Å². The van der Waals surface area contributed by atoms with Crippen LogP contribution < -0.4 is 0 Å². The molecule has 0 aliphatic carbocycles. The van der Waals surface area contributed by atoms with Gasteiger partial charge in [-0.05, 0) is 49.7 Å². The van der Waals surface area contributed by atoms with Gasteiger partial charge in [0, 0.05) is 44.6 Å². The van der Waals surface area contributed by atoms with Crippen LogP contribution in [-0.2, 0) is 21.0 Å². The largest absolute Gasteiger partial charge is 0.416 e. The lowest BCUT2D eigenvalue weighted by Gasteiger charge is -2.34. The van der Waals surface area contributed by atoms with Crippen LogP contribution in [0.25, 0.3) is 0 Å². The molecule has 0 N–H and O–H groups in total. The molecule has 0 saturated carbocycles. The Morgan fingerprint density at radius 2 is 1.52 bits per heavy atom.